The fraction of sp³-hybridized carbons (Fsp3) is 0.217. The Kier molecular flexibility index (Phi) is 6.52. The first-order valence-electron chi connectivity index (χ1n) is 9.55. The molecule has 1 N–H and O–H groups in total. The van der Waals surface area contributed by atoms with E-state index in [1.54, 1.807) is 36.7 Å². The van der Waals surface area contributed by atoms with E-state index < -0.39 is 10.0 Å². The van der Waals surface area contributed by atoms with Crippen LogP contribution in [0.1, 0.15) is 32.6 Å². The molecule has 30 heavy (non-hydrogen) atoms. The quantitative estimate of drug-likeness (QED) is 0.630. The second-order valence-corrected chi connectivity index (χ2v) is 9.16. The number of nitrogens with one attached hydrogen (secondary N) is 1. The standard InChI is InChI=1S/C23H25N3O3S/c1-17-6-4-7-18(2)22(17)26(30(3,28)29)16-19-9-11-21(12-10-19)23(27)25-15-20-8-5-13-24-14-20/h4-14H,15-16H2,1-3H3,(H,25,27). The Morgan fingerprint density at radius 2 is 1.63 bits per heavy atom. The van der Waals surface area contributed by atoms with Crippen LogP contribution in [0.2, 0.25) is 0 Å². The van der Waals surface area contributed by atoms with Crippen LogP contribution in [0.5, 0.6) is 0 Å². The molecular weight excluding hydrogens is 398 g/mol. The number of aryl methyl sites for hydroxylation is 2. The highest BCUT2D eigenvalue weighted by molar-refractivity contribution is 7.92. The van der Waals surface area contributed by atoms with Crippen LogP contribution in [-0.2, 0) is 23.1 Å². The summed E-state index contributed by atoms with van der Waals surface area (Å²) in [6.45, 7) is 4.39. The fourth-order valence-electron chi connectivity index (χ4n) is 3.28. The highest BCUT2D eigenvalue weighted by atomic mass is 32.2. The van der Waals surface area contributed by atoms with Crippen molar-refractivity contribution in [3.05, 3.63) is 94.8 Å². The van der Waals surface area contributed by atoms with Crippen molar-refractivity contribution in [2.24, 2.45) is 0 Å². The number of benzene rings is 2. The van der Waals surface area contributed by atoms with Gasteiger partial charge < -0.3 is 5.32 Å². The van der Waals surface area contributed by atoms with Gasteiger partial charge in [0.15, 0.2) is 0 Å². The van der Waals surface area contributed by atoms with Crippen LogP contribution in [0.3, 0.4) is 0 Å². The van der Waals surface area contributed by atoms with E-state index in [0.29, 0.717) is 17.8 Å². The molecule has 0 saturated carbocycles. The normalized spacial score (nSPS) is 11.2. The molecule has 0 unspecified atom stereocenters. The van der Waals surface area contributed by atoms with Crippen molar-refractivity contribution in [1.82, 2.24) is 10.3 Å². The molecule has 3 rings (SSSR count). The number of hydrogen-bond acceptors (Lipinski definition) is 4. The summed E-state index contributed by atoms with van der Waals surface area (Å²) in [6.07, 6.45) is 4.60. The van der Waals surface area contributed by atoms with Gasteiger partial charge in [-0.15, -0.1) is 0 Å². The zero-order valence-corrected chi connectivity index (χ0v) is 18.1. The Morgan fingerprint density at radius 3 is 2.20 bits per heavy atom. The van der Waals surface area contributed by atoms with Gasteiger partial charge in [-0.1, -0.05) is 36.4 Å². The largest absolute Gasteiger partial charge is 0.348 e. The molecule has 0 aliphatic carbocycles. The average molecular weight is 424 g/mol. The summed E-state index contributed by atoms with van der Waals surface area (Å²) >= 11 is 0. The number of rotatable bonds is 7. The highest BCUT2D eigenvalue weighted by Crippen LogP contribution is 2.28. The Balaban J connectivity index is 1.75. The lowest BCUT2D eigenvalue weighted by molar-refractivity contribution is 0.0951. The van der Waals surface area contributed by atoms with Crippen LogP contribution in [0.4, 0.5) is 5.69 Å². The third kappa shape index (κ3) is 5.24. The molecule has 1 amide bonds. The van der Waals surface area contributed by atoms with E-state index in [1.165, 1.54) is 10.6 Å². The number of carbonyl (C=O) groups excluding carboxylic acids is 1. The lowest BCUT2D eigenvalue weighted by Crippen LogP contribution is -2.30. The van der Waals surface area contributed by atoms with Crippen LogP contribution >= 0.6 is 0 Å². The number of hydrogen-bond donors (Lipinski definition) is 1. The maximum Gasteiger partial charge on any atom is 0.251 e. The number of aromatic nitrogens is 1. The molecule has 1 aromatic heterocycles. The lowest BCUT2D eigenvalue weighted by atomic mass is 10.1. The zero-order valence-electron chi connectivity index (χ0n) is 17.3. The summed E-state index contributed by atoms with van der Waals surface area (Å²) in [5, 5.41) is 2.86. The minimum Gasteiger partial charge on any atom is -0.348 e. The van der Waals surface area contributed by atoms with Gasteiger partial charge in [0.25, 0.3) is 5.91 Å². The van der Waals surface area contributed by atoms with Gasteiger partial charge >= 0.3 is 0 Å². The van der Waals surface area contributed by atoms with E-state index in [-0.39, 0.29) is 12.5 Å². The van der Waals surface area contributed by atoms with Crippen molar-refractivity contribution in [2.75, 3.05) is 10.6 Å². The van der Waals surface area contributed by atoms with Crippen LogP contribution in [0, 0.1) is 13.8 Å². The first-order valence-corrected chi connectivity index (χ1v) is 11.4. The molecule has 7 heteroatoms. The molecule has 0 radical (unpaired) electrons. The molecule has 0 aliphatic rings. The molecule has 156 valence electrons. The maximum atomic E-state index is 12.5. The molecule has 6 nitrogen and oxygen atoms in total. The smallest absolute Gasteiger partial charge is 0.251 e. The number of anilines is 1. The highest BCUT2D eigenvalue weighted by Gasteiger charge is 2.21. The SMILES string of the molecule is Cc1cccc(C)c1N(Cc1ccc(C(=O)NCc2cccnc2)cc1)S(C)(=O)=O. The monoisotopic (exact) mass is 423 g/mol. The Morgan fingerprint density at radius 1 is 0.967 bits per heavy atom. The second-order valence-electron chi connectivity index (χ2n) is 7.25. The van der Waals surface area contributed by atoms with Crippen LogP contribution in [0.15, 0.2) is 67.0 Å². The number of pyridine rings is 1. The number of para-hydroxylation sites is 1. The molecule has 3 aromatic rings. The molecule has 0 saturated heterocycles. The summed E-state index contributed by atoms with van der Waals surface area (Å²) in [6, 6.07) is 16.4. The third-order valence-corrected chi connectivity index (χ3v) is 5.92. The topological polar surface area (TPSA) is 79.4 Å². The van der Waals surface area contributed by atoms with Gasteiger partial charge in [0.1, 0.15) is 0 Å². The molecule has 0 aliphatic heterocycles. The van der Waals surface area contributed by atoms with Crippen molar-refractivity contribution in [1.29, 1.82) is 0 Å². The predicted molar refractivity (Wildman–Crippen MR) is 119 cm³/mol. The minimum atomic E-state index is -3.48. The molecule has 0 bridgehead atoms. The van der Waals surface area contributed by atoms with Gasteiger partial charge in [0.05, 0.1) is 18.5 Å². The summed E-state index contributed by atoms with van der Waals surface area (Å²) in [4.78, 5) is 16.4. The van der Waals surface area contributed by atoms with Crippen molar-refractivity contribution in [3.8, 4) is 0 Å². The summed E-state index contributed by atoms with van der Waals surface area (Å²) in [5.41, 5.74) is 4.71. The van der Waals surface area contributed by atoms with Gasteiger partial charge in [-0.3, -0.25) is 14.1 Å². The second kappa shape index (κ2) is 9.09. The summed E-state index contributed by atoms with van der Waals surface area (Å²) < 4.78 is 26.4. The molecule has 2 aromatic carbocycles. The van der Waals surface area contributed by atoms with Gasteiger partial charge in [0, 0.05) is 24.5 Å². The zero-order chi connectivity index (χ0) is 21.7. The summed E-state index contributed by atoms with van der Waals surface area (Å²) in [5.74, 6) is -0.194. The number of carbonyl (C=O) groups is 1. The third-order valence-electron chi connectivity index (χ3n) is 4.81. The average Bonchev–Trinajstić information content (AvgIpc) is 2.71. The molecule has 0 spiro atoms. The number of sulfonamides is 1. The first kappa shape index (κ1) is 21.5. The van der Waals surface area contributed by atoms with E-state index >= 15 is 0 Å². The Labute approximate surface area is 177 Å². The number of nitrogens with zero attached hydrogens (tertiary/aromatic N) is 2. The molecular formula is C23H25N3O3S. The van der Waals surface area contributed by atoms with Gasteiger partial charge in [0.2, 0.25) is 10.0 Å². The van der Waals surface area contributed by atoms with E-state index in [0.717, 1.165) is 22.3 Å². The molecule has 1 heterocycles. The van der Waals surface area contributed by atoms with Gasteiger partial charge in [-0.25, -0.2) is 8.42 Å². The predicted octanol–water partition coefficient (Wildman–Crippen LogP) is 3.59. The fourth-order valence-corrected chi connectivity index (χ4v) is 4.28. The van der Waals surface area contributed by atoms with Crippen LogP contribution in [-0.4, -0.2) is 25.6 Å². The van der Waals surface area contributed by atoms with Crippen molar-refractivity contribution in [2.45, 2.75) is 26.9 Å². The maximum absolute atomic E-state index is 12.5. The van der Waals surface area contributed by atoms with E-state index in [9.17, 15) is 13.2 Å². The molecule has 0 atom stereocenters. The minimum absolute atomic E-state index is 0.194. The van der Waals surface area contributed by atoms with Crippen LogP contribution < -0.4 is 9.62 Å². The van der Waals surface area contributed by atoms with Crippen LogP contribution in [0.25, 0.3) is 0 Å². The molecule has 0 fully saturated rings. The Hall–Kier alpha value is -3.19. The van der Waals surface area contributed by atoms with Crippen molar-refractivity contribution >= 4 is 21.6 Å². The van der Waals surface area contributed by atoms with E-state index in [1.807, 2.05) is 44.2 Å². The lowest BCUT2D eigenvalue weighted by Gasteiger charge is -2.26. The van der Waals surface area contributed by atoms with Crippen molar-refractivity contribution < 1.29 is 13.2 Å². The number of amides is 1. The summed E-state index contributed by atoms with van der Waals surface area (Å²) in [7, 11) is -3.48. The Bertz CT molecular complexity index is 1110. The first-order chi connectivity index (χ1) is 14.3. The van der Waals surface area contributed by atoms with Gasteiger partial charge in [-0.05, 0) is 54.3 Å². The van der Waals surface area contributed by atoms with Gasteiger partial charge in [-0.2, -0.15) is 0 Å². The van der Waals surface area contributed by atoms with E-state index in [2.05, 4.69) is 10.3 Å². The van der Waals surface area contributed by atoms with E-state index in [4.69, 9.17) is 0 Å². The van der Waals surface area contributed by atoms with Crippen molar-refractivity contribution in [3.63, 3.8) is 0 Å².